The van der Waals surface area contributed by atoms with Crippen LogP contribution in [0.25, 0.3) is 10.8 Å². The van der Waals surface area contributed by atoms with Gasteiger partial charge in [0.05, 0.1) is 7.11 Å². The fourth-order valence-corrected chi connectivity index (χ4v) is 3.53. The maximum atomic E-state index is 13.2. The molecule has 0 unspecified atom stereocenters. The summed E-state index contributed by atoms with van der Waals surface area (Å²) in [5.41, 5.74) is 2.69. The summed E-state index contributed by atoms with van der Waals surface area (Å²) in [4.78, 5) is 12.1. The summed E-state index contributed by atoms with van der Waals surface area (Å²) < 4.78 is 18.4. The Labute approximate surface area is 163 Å². The Hall–Kier alpha value is -3.38. The Bertz CT molecular complexity index is 1130. The van der Waals surface area contributed by atoms with Crippen molar-refractivity contribution < 1.29 is 13.9 Å². The summed E-state index contributed by atoms with van der Waals surface area (Å²) >= 11 is 0. The zero-order chi connectivity index (χ0) is 19.5. The molecule has 1 aliphatic carbocycles. The number of fused-ring (bicyclic) bond motifs is 1. The van der Waals surface area contributed by atoms with Crippen molar-refractivity contribution in [1.29, 1.82) is 0 Å². The van der Waals surface area contributed by atoms with Gasteiger partial charge >= 0.3 is 0 Å². The zero-order valence-corrected chi connectivity index (χ0v) is 15.5. The molecule has 0 bridgehead atoms. The van der Waals surface area contributed by atoms with Crippen LogP contribution in [0.1, 0.15) is 29.9 Å². The molecule has 138 valence electrons. The van der Waals surface area contributed by atoms with E-state index in [1.165, 1.54) is 12.1 Å². The normalized spacial score (nSPS) is 16.3. The quantitative estimate of drug-likeness (QED) is 0.564. The zero-order valence-electron chi connectivity index (χ0n) is 15.5. The van der Waals surface area contributed by atoms with Gasteiger partial charge < -0.3 is 4.74 Å². The molecule has 1 atom stereocenters. The first-order valence-corrected chi connectivity index (χ1v) is 9.19. The molecule has 0 fully saturated rings. The number of ketones is 1. The molecule has 2 nitrogen and oxygen atoms in total. The van der Waals surface area contributed by atoms with Crippen molar-refractivity contribution in [1.82, 2.24) is 0 Å². The standard InChI is InChI=1S/C25H19FO2/c1-28-25-11-8-20-12-17(4-5-21(20)16-25)2-3-18-13-22(15-24(27)14-18)19-6-9-23(26)10-7-19/h4-12,14,16,22H,13,15H2,1H3/t22-/m1/s1. The van der Waals surface area contributed by atoms with Crippen LogP contribution >= 0.6 is 0 Å². The number of carbonyl (C=O) groups excluding carboxylic acids is 1. The number of hydrogen-bond donors (Lipinski definition) is 0. The van der Waals surface area contributed by atoms with Crippen LogP contribution in [0.2, 0.25) is 0 Å². The Balaban J connectivity index is 1.57. The minimum absolute atomic E-state index is 0.0477. The molecule has 0 spiro atoms. The van der Waals surface area contributed by atoms with Crippen molar-refractivity contribution in [2.45, 2.75) is 18.8 Å². The van der Waals surface area contributed by atoms with Gasteiger partial charge in [0.2, 0.25) is 0 Å². The van der Waals surface area contributed by atoms with Gasteiger partial charge in [0.25, 0.3) is 0 Å². The van der Waals surface area contributed by atoms with Crippen LogP contribution in [0.5, 0.6) is 5.75 Å². The van der Waals surface area contributed by atoms with Crippen LogP contribution in [0.3, 0.4) is 0 Å². The second-order valence-electron chi connectivity index (χ2n) is 6.97. The Morgan fingerprint density at radius 1 is 0.929 bits per heavy atom. The highest BCUT2D eigenvalue weighted by Crippen LogP contribution is 2.31. The van der Waals surface area contributed by atoms with Crippen LogP contribution in [-0.2, 0) is 4.79 Å². The SMILES string of the molecule is COc1ccc2cc(C#CC3=CC(=O)C[C@H](c4ccc(F)cc4)C3)ccc2c1. The molecule has 0 aromatic heterocycles. The van der Waals surface area contributed by atoms with Gasteiger partial charge in [-0.25, -0.2) is 4.39 Å². The Morgan fingerprint density at radius 3 is 2.46 bits per heavy atom. The number of benzene rings is 3. The first-order chi connectivity index (χ1) is 13.6. The summed E-state index contributed by atoms with van der Waals surface area (Å²) in [6.07, 6.45) is 2.77. The predicted octanol–water partition coefficient (Wildman–Crippen LogP) is 5.41. The molecule has 3 heteroatoms. The molecule has 0 saturated carbocycles. The topological polar surface area (TPSA) is 26.3 Å². The third kappa shape index (κ3) is 3.97. The molecule has 4 rings (SSSR count). The van der Waals surface area contributed by atoms with Crippen molar-refractivity contribution in [2.75, 3.05) is 7.11 Å². The largest absolute Gasteiger partial charge is 0.497 e. The van der Waals surface area contributed by atoms with Gasteiger partial charge in [-0.2, -0.15) is 0 Å². The molecule has 0 radical (unpaired) electrons. The van der Waals surface area contributed by atoms with Gasteiger partial charge in [-0.3, -0.25) is 4.79 Å². The predicted molar refractivity (Wildman–Crippen MR) is 109 cm³/mol. The van der Waals surface area contributed by atoms with Gasteiger partial charge in [0.15, 0.2) is 5.78 Å². The van der Waals surface area contributed by atoms with Gasteiger partial charge in [0.1, 0.15) is 11.6 Å². The van der Waals surface area contributed by atoms with Crippen LogP contribution in [0.15, 0.2) is 72.3 Å². The van der Waals surface area contributed by atoms with E-state index in [1.807, 2.05) is 36.4 Å². The van der Waals surface area contributed by atoms with Crippen molar-refractivity contribution in [3.8, 4) is 17.6 Å². The number of carbonyl (C=O) groups is 1. The highest BCUT2D eigenvalue weighted by Gasteiger charge is 2.21. The smallest absolute Gasteiger partial charge is 0.157 e. The summed E-state index contributed by atoms with van der Waals surface area (Å²) in [6, 6.07) is 18.3. The first-order valence-electron chi connectivity index (χ1n) is 9.19. The number of rotatable bonds is 2. The second-order valence-corrected chi connectivity index (χ2v) is 6.97. The third-order valence-electron chi connectivity index (χ3n) is 5.01. The fraction of sp³-hybridized carbons (Fsp3) is 0.160. The summed E-state index contributed by atoms with van der Waals surface area (Å²) in [7, 11) is 1.65. The fourth-order valence-electron chi connectivity index (χ4n) is 3.53. The molecule has 3 aromatic carbocycles. The first kappa shape index (κ1) is 18.0. The van der Waals surface area contributed by atoms with E-state index < -0.39 is 0 Å². The monoisotopic (exact) mass is 370 g/mol. The molecule has 0 heterocycles. The Kier molecular flexibility index (Phi) is 4.95. The van der Waals surface area contributed by atoms with Crippen LogP contribution in [0.4, 0.5) is 4.39 Å². The lowest BCUT2D eigenvalue weighted by Crippen LogP contribution is -2.12. The Morgan fingerprint density at radius 2 is 1.68 bits per heavy atom. The number of halogens is 1. The van der Waals surface area contributed by atoms with Gasteiger partial charge in [-0.1, -0.05) is 36.1 Å². The van der Waals surface area contributed by atoms with Crippen molar-refractivity contribution in [3.05, 3.63) is 89.3 Å². The van der Waals surface area contributed by atoms with E-state index >= 15 is 0 Å². The van der Waals surface area contributed by atoms with Gasteiger partial charge in [-0.15, -0.1) is 0 Å². The van der Waals surface area contributed by atoms with E-state index in [9.17, 15) is 9.18 Å². The highest BCUT2D eigenvalue weighted by molar-refractivity contribution is 5.93. The van der Waals surface area contributed by atoms with Gasteiger partial charge in [0, 0.05) is 17.6 Å². The van der Waals surface area contributed by atoms with E-state index in [4.69, 9.17) is 4.74 Å². The van der Waals surface area contributed by atoms with Crippen molar-refractivity contribution in [2.24, 2.45) is 0 Å². The molecular formula is C25H19FO2. The lowest BCUT2D eigenvalue weighted by molar-refractivity contribution is -0.115. The number of methoxy groups -OCH3 is 1. The number of hydrogen-bond acceptors (Lipinski definition) is 2. The van der Waals surface area contributed by atoms with Crippen LogP contribution in [0, 0.1) is 17.7 Å². The average molecular weight is 370 g/mol. The molecule has 0 saturated heterocycles. The van der Waals surface area contributed by atoms with Crippen molar-refractivity contribution in [3.63, 3.8) is 0 Å². The van der Waals surface area contributed by atoms with E-state index in [0.717, 1.165) is 33.2 Å². The highest BCUT2D eigenvalue weighted by atomic mass is 19.1. The minimum atomic E-state index is -0.268. The second kappa shape index (κ2) is 7.70. The van der Waals surface area contributed by atoms with Crippen molar-refractivity contribution >= 4 is 16.6 Å². The molecule has 0 aliphatic heterocycles. The molecule has 1 aliphatic rings. The van der Waals surface area contributed by atoms with E-state index in [1.54, 1.807) is 25.3 Å². The molecule has 3 aromatic rings. The lowest BCUT2D eigenvalue weighted by atomic mass is 9.83. The van der Waals surface area contributed by atoms with Crippen LogP contribution < -0.4 is 4.74 Å². The molecule has 28 heavy (non-hydrogen) atoms. The summed E-state index contributed by atoms with van der Waals surface area (Å²) in [5, 5.41) is 2.18. The van der Waals surface area contributed by atoms with E-state index in [0.29, 0.717) is 12.8 Å². The van der Waals surface area contributed by atoms with Gasteiger partial charge in [-0.05, 0) is 71.1 Å². The van der Waals surface area contributed by atoms with E-state index in [2.05, 4.69) is 11.8 Å². The summed E-state index contributed by atoms with van der Waals surface area (Å²) in [6.45, 7) is 0. The number of allylic oxidation sites excluding steroid dienone is 2. The number of ether oxygens (including phenoxy) is 1. The van der Waals surface area contributed by atoms with Crippen LogP contribution in [-0.4, -0.2) is 12.9 Å². The third-order valence-corrected chi connectivity index (χ3v) is 5.01. The maximum absolute atomic E-state index is 13.2. The molecular weight excluding hydrogens is 351 g/mol. The molecule has 0 N–H and O–H groups in total. The lowest BCUT2D eigenvalue weighted by Gasteiger charge is -2.20. The maximum Gasteiger partial charge on any atom is 0.157 e. The molecule has 0 amide bonds. The average Bonchev–Trinajstić information content (AvgIpc) is 2.72. The summed E-state index contributed by atoms with van der Waals surface area (Å²) in [5.74, 6) is 7.00. The minimum Gasteiger partial charge on any atom is -0.497 e. The van der Waals surface area contributed by atoms with E-state index in [-0.39, 0.29) is 17.5 Å².